The van der Waals surface area contributed by atoms with Crippen molar-refractivity contribution in [3.8, 4) is 6.07 Å². The molecule has 0 fully saturated rings. The molecule has 0 aliphatic rings. The van der Waals surface area contributed by atoms with Crippen LogP contribution in [0.15, 0.2) is 24.3 Å². The summed E-state index contributed by atoms with van der Waals surface area (Å²) < 4.78 is 0. The minimum absolute atomic E-state index is 0.305. The van der Waals surface area contributed by atoms with Crippen LogP contribution in [-0.2, 0) is 11.3 Å². The van der Waals surface area contributed by atoms with Gasteiger partial charge >= 0.3 is 12.0 Å². The summed E-state index contributed by atoms with van der Waals surface area (Å²) in [6.07, 6.45) is 1.06. The third kappa shape index (κ3) is 5.15. The normalized spacial score (nSPS) is 11.3. The van der Waals surface area contributed by atoms with Gasteiger partial charge in [0.15, 0.2) is 0 Å². The molecule has 6 heteroatoms. The molecule has 1 aromatic carbocycles. The van der Waals surface area contributed by atoms with Gasteiger partial charge in [0.1, 0.15) is 6.04 Å². The molecule has 0 aliphatic carbocycles. The van der Waals surface area contributed by atoms with Crippen LogP contribution in [0, 0.1) is 11.3 Å². The predicted molar refractivity (Wildman–Crippen MR) is 77.5 cm³/mol. The van der Waals surface area contributed by atoms with Crippen LogP contribution in [0.1, 0.15) is 30.9 Å². The standard InChI is InChI=1S/C15H19N3O3/c1-3-5-13(14(19)20)17-15(21)18(2)10-12-7-4-6-11(8-12)9-16/h4,6-8,13H,3,5,10H2,1-2H3,(H,17,21)(H,19,20)/t13-/m1/s1. The number of carboxylic acid groups (broad SMARTS) is 1. The Morgan fingerprint density at radius 1 is 1.48 bits per heavy atom. The van der Waals surface area contributed by atoms with Gasteiger partial charge in [-0.1, -0.05) is 25.5 Å². The molecule has 1 rings (SSSR count). The lowest BCUT2D eigenvalue weighted by Gasteiger charge is -2.21. The van der Waals surface area contributed by atoms with Gasteiger partial charge in [-0.3, -0.25) is 0 Å². The van der Waals surface area contributed by atoms with Gasteiger partial charge in [0.25, 0.3) is 0 Å². The molecule has 6 nitrogen and oxygen atoms in total. The van der Waals surface area contributed by atoms with Crippen molar-refractivity contribution >= 4 is 12.0 Å². The number of aliphatic carboxylic acids is 1. The van der Waals surface area contributed by atoms with Crippen LogP contribution in [-0.4, -0.2) is 35.1 Å². The third-order valence-corrected chi connectivity index (χ3v) is 3.00. The lowest BCUT2D eigenvalue weighted by Crippen LogP contribution is -2.46. The van der Waals surface area contributed by atoms with Crippen LogP contribution in [0.5, 0.6) is 0 Å². The summed E-state index contributed by atoms with van der Waals surface area (Å²) in [5, 5.41) is 20.3. The SMILES string of the molecule is CCC[C@@H](NC(=O)N(C)Cc1cccc(C#N)c1)C(=O)O. The van der Waals surface area contributed by atoms with Crippen molar-refractivity contribution in [2.24, 2.45) is 0 Å². The topological polar surface area (TPSA) is 93.4 Å². The largest absolute Gasteiger partial charge is 0.480 e. The molecule has 21 heavy (non-hydrogen) atoms. The Labute approximate surface area is 124 Å². The van der Waals surface area contributed by atoms with Crippen molar-refractivity contribution in [1.29, 1.82) is 5.26 Å². The molecule has 1 atom stereocenters. The van der Waals surface area contributed by atoms with Gasteiger partial charge in [-0.05, 0) is 24.1 Å². The van der Waals surface area contributed by atoms with E-state index in [1.54, 1.807) is 25.2 Å². The van der Waals surface area contributed by atoms with Crippen molar-refractivity contribution in [3.05, 3.63) is 35.4 Å². The predicted octanol–water partition coefficient (Wildman–Crippen LogP) is 1.95. The van der Waals surface area contributed by atoms with E-state index in [9.17, 15) is 9.59 Å². The summed E-state index contributed by atoms with van der Waals surface area (Å²) in [5.41, 5.74) is 1.34. The maximum atomic E-state index is 12.0. The van der Waals surface area contributed by atoms with Crippen LogP contribution < -0.4 is 5.32 Å². The van der Waals surface area contributed by atoms with E-state index < -0.39 is 18.0 Å². The molecule has 0 saturated heterocycles. The summed E-state index contributed by atoms with van der Waals surface area (Å²) in [6.45, 7) is 2.17. The summed E-state index contributed by atoms with van der Waals surface area (Å²) in [4.78, 5) is 24.4. The Kier molecular flexibility index (Phi) is 6.21. The molecule has 0 bridgehead atoms. The maximum Gasteiger partial charge on any atom is 0.326 e. The number of hydrogen-bond donors (Lipinski definition) is 2. The molecule has 0 unspecified atom stereocenters. The van der Waals surface area contributed by atoms with E-state index in [1.807, 2.05) is 19.1 Å². The minimum Gasteiger partial charge on any atom is -0.480 e. The number of nitrogens with zero attached hydrogens (tertiary/aromatic N) is 2. The summed E-state index contributed by atoms with van der Waals surface area (Å²) in [5.74, 6) is -1.04. The number of amides is 2. The number of carbonyl (C=O) groups is 2. The van der Waals surface area contributed by atoms with E-state index in [4.69, 9.17) is 10.4 Å². The van der Waals surface area contributed by atoms with Crippen LogP contribution in [0.3, 0.4) is 0 Å². The number of nitrogens with one attached hydrogen (secondary N) is 1. The van der Waals surface area contributed by atoms with Gasteiger partial charge in [0, 0.05) is 13.6 Å². The van der Waals surface area contributed by atoms with E-state index >= 15 is 0 Å². The van der Waals surface area contributed by atoms with Crippen molar-refractivity contribution in [1.82, 2.24) is 10.2 Å². The number of urea groups is 1. The molecule has 2 amide bonds. The van der Waals surface area contributed by atoms with E-state index in [1.165, 1.54) is 4.90 Å². The van der Waals surface area contributed by atoms with Gasteiger partial charge in [-0.25, -0.2) is 9.59 Å². The van der Waals surface area contributed by atoms with Crippen molar-refractivity contribution in [2.45, 2.75) is 32.4 Å². The summed E-state index contributed by atoms with van der Waals surface area (Å²) in [6, 6.07) is 7.65. The first-order chi connectivity index (χ1) is 9.97. The van der Waals surface area contributed by atoms with Crippen LogP contribution in [0.4, 0.5) is 4.79 Å². The second-order valence-corrected chi connectivity index (χ2v) is 4.80. The van der Waals surface area contributed by atoms with Crippen molar-refractivity contribution in [2.75, 3.05) is 7.05 Å². The average Bonchev–Trinajstić information content (AvgIpc) is 2.46. The van der Waals surface area contributed by atoms with Crippen LogP contribution >= 0.6 is 0 Å². The van der Waals surface area contributed by atoms with Crippen LogP contribution in [0.2, 0.25) is 0 Å². The lowest BCUT2D eigenvalue weighted by atomic mass is 10.1. The molecule has 0 heterocycles. The Morgan fingerprint density at radius 3 is 2.76 bits per heavy atom. The van der Waals surface area contributed by atoms with Gasteiger partial charge < -0.3 is 15.3 Å². The summed E-state index contributed by atoms with van der Waals surface area (Å²) in [7, 11) is 1.58. The molecule has 2 N–H and O–H groups in total. The Balaban J connectivity index is 2.65. The van der Waals surface area contributed by atoms with E-state index in [2.05, 4.69) is 5.32 Å². The molecular weight excluding hydrogens is 270 g/mol. The van der Waals surface area contributed by atoms with Crippen LogP contribution in [0.25, 0.3) is 0 Å². The second kappa shape index (κ2) is 7.90. The molecule has 0 radical (unpaired) electrons. The highest BCUT2D eigenvalue weighted by molar-refractivity contribution is 5.82. The fraction of sp³-hybridized carbons (Fsp3) is 0.400. The number of carboxylic acids is 1. The number of benzene rings is 1. The third-order valence-electron chi connectivity index (χ3n) is 3.00. The van der Waals surface area contributed by atoms with Gasteiger partial charge in [0.05, 0.1) is 11.6 Å². The van der Waals surface area contributed by atoms with Gasteiger partial charge in [-0.2, -0.15) is 5.26 Å². The zero-order valence-electron chi connectivity index (χ0n) is 12.2. The number of nitriles is 1. The molecule has 112 valence electrons. The molecule has 0 aliphatic heterocycles. The Bertz CT molecular complexity index is 551. The number of hydrogen-bond acceptors (Lipinski definition) is 3. The van der Waals surface area contributed by atoms with E-state index in [0.29, 0.717) is 24.9 Å². The zero-order valence-corrected chi connectivity index (χ0v) is 12.2. The highest BCUT2D eigenvalue weighted by atomic mass is 16.4. The second-order valence-electron chi connectivity index (χ2n) is 4.80. The zero-order chi connectivity index (χ0) is 15.8. The van der Waals surface area contributed by atoms with Crippen molar-refractivity contribution in [3.63, 3.8) is 0 Å². The fourth-order valence-corrected chi connectivity index (χ4v) is 1.89. The first-order valence-corrected chi connectivity index (χ1v) is 6.71. The van der Waals surface area contributed by atoms with E-state index in [0.717, 1.165) is 5.56 Å². The van der Waals surface area contributed by atoms with Crippen molar-refractivity contribution < 1.29 is 14.7 Å². The number of carbonyl (C=O) groups excluding carboxylic acids is 1. The Morgan fingerprint density at radius 2 is 2.19 bits per heavy atom. The molecular formula is C15H19N3O3. The molecule has 0 saturated carbocycles. The highest BCUT2D eigenvalue weighted by Crippen LogP contribution is 2.07. The minimum atomic E-state index is -1.04. The first-order valence-electron chi connectivity index (χ1n) is 6.71. The Hall–Kier alpha value is -2.55. The quantitative estimate of drug-likeness (QED) is 0.837. The first kappa shape index (κ1) is 16.5. The molecule has 0 spiro atoms. The monoisotopic (exact) mass is 289 g/mol. The van der Waals surface area contributed by atoms with Gasteiger partial charge in [-0.15, -0.1) is 0 Å². The van der Waals surface area contributed by atoms with Gasteiger partial charge in [0.2, 0.25) is 0 Å². The summed E-state index contributed by atoms with van der Waals surface area (Å²) >= 11 is 0. The smallest absolute Gasteiger partial charge is 0.326 e. The number of rotatable bonds is 6. The maximum absolute atomic E-state index is 12.0. The fourth-order valence-electron chi connectivity index (χ4n) is 1.89. The molecule has 1 aromatic rings. The lowest BCUT2D eigenvalue weighted by molar-refractivity contribution is -0.139. The molecule has 0 aromatic heterocycles. The highest BCUT2D eigenvalue weighted by Gasteiger charge is 2.20. The average molecular weight is 289 g/mol. The van der Waals surface area contributed by atoms with E-state index in [-0.39, 0.29) is 0 Å².